The van der Waals surface area contributed by atoms with Gasteiger partial charge in [0, 0.05) is 6.54 Å². The molecule has 8 heteroatoms. The van der Waals surface area contributed by atoms with Crippen LogP contribution in [-0.2, 0) is 10.0 Å². The first kappa shape index (κ1) is 16.5. The molecule has 0 unspecified atom stereocenters. The monoisotopic (exact) mass is 443 g/mol. The number of sulfonamides is 1. The van der Waals surface area contributed by atoms with Gasteiger partial charge in [-0.3, -0.25) is 4.79 Å². The first-order chi connectivity index (χ1) is 9.41. The molecule has 0 saturated carbocycles. The van der Waals surface area contributed by atoms with Crippen molar-refractivity contribution in [2.24, 2.45) is 0 Å². The van der Waals surface area contributed by atoms with Gasteiger partial charge in [-0.15, -0.1) is 11.3 Å². The molecule has 2 rings (SSSR count). The summed E-state index contributed by atoms with van der Waals surface area (Å²) in [5.41, 5.74) is 0.274. The number of unbranched alkanes of at least 4 members (excludes halogenated alkanes) is 4. The lowest BCUT2D eigenvalue weighted by Gasteiger charge is -2.15. The number of hydrogen-bond acceptors (Lipinski definition) is 4. The summed E-state index contributed by atoms with van der Waals surface area (Å²) in [6.45, 7) is 2.39. The number of hydrogen-bond donors (Lipinski definition) is 0. The Balaban J connectivity index is 2.14. The average molecular weight is 445 g/mol. The molecule has 4 nitrogen and oxygen atoms in total. The van der Waals surface area contributed by atoms with E-state index in [0.717, 1.165) is 30.0 Å². The topological polar surface area (TPSA) is 54.5 Å². The molecular formula is C12H15Br2NO3S2. The number of nitrogens with zero attached hydrogens (tertiary/aromatic N) is 1. The molecule has 1 aliphatic heterocycles. The van der Waals surface area contributed by atoms with E-state index in [-0.39, 0.29) is 17.0 Å². The van der Waals surface area contributed by atoms with E-state index >= 15 is 0 Å². The molecule has 0 aromatic carbocycles. The molecular weight excluding hydrogens is 430 g/mol. The summed E-state index contributed by atoms with van der Waals surface area (Å²) in [4.78, 5) is 12.4. The SMILES string of the molecule is CCCCCCCN1C(=O)c2c(Br)sc(Br)c2S1(=O)=O. The Hall–Kier alpha value is 0.0800. The second-order valence-electron chi connectivity index (χ2n) is 4.65. The van der Waals surface area contributed by atoms with E-state index in [1.165, 1.54) is 11.3 Å². The summed E-state index contributed by atoms with van der Waals surface area (Å²) in [6, 6.07) is 0. The summed E-state index contributed by atoms with van der Waals surface area (Å²) in [5.74, 6) is -0.413. The lowest BCUT2D eigenvalue weighted by Crippen LogP contribution is -2.31. The minimum atomic E-state index is -3.68. The molecule has 0 spiro atoms. The van der Waals surface area contributed by atoms with Gasteiger partial charge in [0.1, 0.15) is 4.90 Å². The van der Waals surface area contributed by atoms with E-state index in [1.807, 2.05) is 0 Å². The van der Waals surface area contributed by atoms with Crippen LogP contribution >= 0.6 is 43.2 Å². The van der Waals surface area contributed by atoms with Gasteiger partial charge in [0.2, 0.25) is 0 Å². The molecule has 1 aliphatic rings. The van der Waals surface area contributed by atoms with Gasteiger partial charge in [0.25, 0.3) is 15.9 Å². The predicted octanol–water partition coefficient (Wildman–Crippen LogP) is 4.39. The maximum atomic E-state index is 12.4. The third-order valence-electron chi connectivity index (χ3n) is 3.23. The molecule has 1 aromatic rings. The van der Waals surface area contributed by atoms with E-state index in [2.05, 4.69) is 38.8 Å². The van der Waals surface area contributed by atoms with Crippen molar-refractivity contribution in [3.05, 3.63) is 13.1 Å². The highest BCUT2D eigenvalue weighted by atomic mass is 79.9. The van der Waals surface area contributed by atoms with E-state index < -0.39 is 15.9 Å². The normalized spacial score (nSPS) is 16.8. The van der Waals surface area contributed by atoms with Crippen molar-refractivity contribution in [1.82, 2.24) is 4.31 Å². The van der Waals surface area contributed by atoms with Gasteiger partial charge in [-0.2, -0.15) is 0 Å². The zero-order valence-corrected chi connectivity index (χ0v) is 15.8. The maximum absolute atomic E-state index is 12.4. The van der Waals surface area contributed by atoms with E-state index in [1.54, 1.807) is 0 Å². The van der Waals surface area contributed by atoms with Gasteiger partial charge in [-0.25, -0.2) is 12.7 Å². The van der Waals surface area contributed by atoms with Gasteiger partial charge in [-0.05, 0) is 38.3 Å². The van der Waals surface area contributed by atoms with Crippen LogP contribution in [0.15, 0.2) is 12.5 Å². The highest BCUT2D eigenvalue weighted by molar-refractivity contribution is 9.12. The van der Waals surface area contributed by atoms with E-state index in [0.29, 0.717) is 14.0 Å². The molecule has 0 fully saturated rings. The number of amides is 1. The van der Waals surface area contributed by atoms with Crippen LogP contribution in [0.5, 0.6) is 0 Å². The summed E-state index contributed by atoms with van der Waals surface area (Å²) in [7, 11) is -3.68. The largest absolute Gasteiger partial charge is 0.271 e. The maximum Gasteiger partial charge on any atom is 0.271 e. The van der Waals surface area contributed by atoms with Crippen LogP contribution in [0.25, 0.3) is 0 Å². The molecule has 1 amide bonds. The Bertz CT molecular complexity index is 625. The Morgan fingerprint density at radius 2 is 1.75 bits per heavy atom. The number of thiophene rings is 1. The molecule has 0 N–H and O–H groups in total. The number of fused-ring (bicyclic) bond motifs is 1. The van der Waals surface area contributed by atoms with Crippen molar-refractivity contribution in [2.75, 3.05) is 6.54 Å². The van der Waals surface area contributed by atoms with E-state index in [9.17, 15) is 13.2 Å². The fourth-order valence-corrected chi connectivity index (χ4v) is 7.83. The smallest absolute Gasteiger partial charge is 0.268 e. The van der Waals surface area contributed by atoms with Gasteiger partial charge in [-0.1, -0.05) is 32.6 Å². The van der Waals surface area contributed by atoms with Gasteiger partial charge in [0.05, 0.1) is 13.1 Å². The standard InChI is InChI=1S/C12H15Br2NO3S2/c1-2-3-4-5-6-7-15-12(16)8-9(20(15,17)18)11(14)19-10(8)13/h2-7H2,1H3. The lowest BCUT2D eigenvalue weighted by molar-refractivity contribution is 0.0869. The fourth-order valence-electron chi connectivity index (χ4n) is 2.20. The Morgan fingerprint density at radius 1 is 1.10 bits per heavy atom. The summed E-state index contributed by atoms with van der Waals surface area (Å²) in [5, 5.41) is 0. The summed E-state index contributed by atoms with van der Waals surface area (Å²) in [6.07, 6.45) is 5.02. The first-order valence-corrected chi connectivity index (χ1v) is 10.3. The third kappa shape index (κ3) is 2.84. The Morgan fingerprint density at radius 3 is 2.35 bits per heavy atom. The van der Waals surface area contributed by atoms with Crippen molar-refractivity contribution in [3.63, 3.8) is 0 Å². The molecule has 20 heavy (non-hydrogen) atoms. The van der Waals surface area contributed by atoms with Crippen molar-refractivity contribution < 1.29 is 13.2 Å². The van der Waals surface area contributed by atoms with Crippen LogP contribution in [0.2, 0.25) is 0 Å². The molecule has 0 atom stereocenters. The number of carbonyl (C=O) groups is 1. The zero-order valence-electron chi connectivity index (χ0n) is 11.0. The summed E-state index contributed by atoms with van der Waals surface area (Å²) < 4.78 is 26.9. The van der Waals surface area contributed by atoms with Crippen molar-refractivity contribution >= 4 is 59.1 Å². The minimum absolute atomic E-state index is 0.118. The average Bonchev–Trinajstić information content (AvgIpc) is 2.77. The quantitative estimate of drug-likeness (QED) is 0.611. The van der Waals surface area contributed by atoms with Crippen LogP contribution in [0.3, 0.4) is 0 Å². The molecule has 0 bridgehead atoms. The second kappa shape index (κ2) is 6.46. The number of halogens is 2. The highest BCUT2D eigenvalue weighted by Crippen LogP contribution is 2.45. The van der Waals surface area contributed by atoms with E-state index in [4.69, 9.17) is 0 Å². The molecule has 1 aromatic heterocycles. The third-order valence-corrected chi connectivity index (χ3v) is 8.01. The van der Waals surface area contributed by atoms with Crippen LogP contribution in [0, 0.1) is 0 Å². The zero-order chi connectivity index (χ0) is 14.9. The van der Waals surface area contributed by atoms with Crippen LogP contribution in [-0.4, -0.2) is 25.2 Å². The predicted molar refractivity (Wildman–Crippen MR) is 86.7 cm³/mol. The highest BCUT2D eigenvalue weighted by Gasteiger charge is 2.45. The van der Waals surface area contributed by atoms with Crippen molar-refractivity contribution in [1.29, 1.82) is 0 Å². The van der Waals surface area contributed by atoms with Crippen molar-refractivity contribution in [3.8, 4) is 0 Å². The van der Waals surface area contributed by atoms with Gasteiger partial charge < -0.3 is 0 Å². The Kier molecular flexibility index (Phi) is 5.31. The number of carbonyl (C=O) groups excluding carboxylic acids is 1. The molecule has 0 saturated heterocycles. The van der Waals surface area contributed by atoms with Crippen molar-refractivity contribution in [2.45, 2.75) is 43.9 Å². The van der Waals surface area contributed by atoms with Gasteiger partial charge in [0.15, 0.2) is 0 Å². The summed E-state index contributed by atoms with van der Waals surface area (Å²) >= 11 is 7.72. The van der Waals surface area contributed by atoms with Crippen LogP contribution < -0.4 is 0 Å². The Labute approximate surface area is 139 Å². The molecule has 0 aliphatic carbocycles. The lowest BCUT2D eigenvalue weighted by atomic mass is 10.1. The van der Waals surface area contributed by atoms with Crippen LogP contribution in [0.1, 0.15) is 49.4 Å². The van der Waals surface area contributed by atoms with Crippen LogP contribution in [0.4, 0.5) is 0 Å². The molecule has 2 heterocycles. The molecule has 112 valence electrons. The second-order valence-corrected chi connectivity index (χ2v) is 10.1. The minimum Gasteiger partial charge on any atom is -0.268 e. The first-order valence-electron chi connectivity index (χ1n) is 6.46. The fraction of sp³-hybridized carbons (Fsp3) is 0.583. The number of rotatable bonds is 6. The van der Waals surface area contributed by atoms with Gasteiger partial charge >= 0.3 is 0 Å². The molecule has 0 radical (unpaired) electrons.